The summed E-state index contributed by atoms with van der Waals surface area (Å²) in [6.45, 7) is 0. The number of aromatic hydroxyl groups is 1. The fourth-order valence-electron chi connectivity index (χ4n) is 1.13. The molecule has 1 aromatic carbocycles. The molecule has 0 spiro atoms. The molecule has 0 heterocycles. The summed E-state index contributed by atoms with van der Waals surface area (Å²) < 4.78 is 60.8. The third-order valence-corrected chi connectivity index (χ3v) is 2.58. The largest absolute Gasteiger partial charge is 0.508 e. The molecule has 0 saturated heterocycles. The molecule has 0 fully saturated rings. The minimum absolute atomic E-state index is 0. The van der Waals surface area contributed by atoms with Gasteiger partial charge in [-0.05, 0) is 30.0 Å². The molecule has 0 aliphatic rings. The Hall–Kier alpha value is -0.730. The van der Waals surface area contributed by atoms with E-state index in [0.717, 1.165) is 18.2 Å². The van der Waals surface area contributed by atoms with Crippen LogP contribution in [-0.4, -0.2) is 17.0 Å². The van der Waals surface area contributed by atoms with Crippen LogP contribution in [0.5, 0.6) is 5.75 Å². The van der Waals surface area contributed by atoms with Crippen molar-refractivity contribution in [2.24, 2.45) is 5.73 Å². The second-order valence-electron chi connectivity index (χ2n) is 3.13. The second kappa shape index (κ2) is 6.44. The van der Waals surface area contributed by atoms with Gasteiger partial charge in [0.05, 0.1) is 6.04 Å². The van der Waals surface area contributed by atoms with Gasteiger partial charge in [0.15, 0.2) is 0 Å². The van der Waals surface area contributed by atoms with E-state index >= 15 is 0 Å². The van der Waals surface area contributed by atoms with Crippen LogP contribution in [0.15, 0.2) is 23.1 Å². The van der Waals surface area contributed by atoms with Crippen molar-refractivity contribution >= 4 is 24.2 Å². The van der Waals surface area contributed by atoms with E-state index in [0.29, 0.717) is 0 Å². The number of hydrogen-bond acceptors (Lipinski definition) is 3. The first-order valence-electron chi connectivity index (χ1n) is 4.33. The van der Waals surface area contributed by atoms with Gasteiger partial charge >= 0.3 is 5.51 Å². The fraction of sp³-hybridized carbons (Fsp3) is 0.333. The highest BCUT2D eigenvalue weighted by Gasteiger charge is 2.30. The average Bonchev–Trinajstić information content (AvgIpc) is 2.17. The smallest absolute Gasteiger partial charge is 0.446 e. The molecule has 2 nitrogen and oxygen atoms in total. The zero-order valence-electron chi connectivity index (χ0n) is 8.62. The van der Waals surface area contributed by atoms with Gasteiger partial charge in [-0.25, -0.2) is 8.78 Å². The van der Waals surface area contributed by atoms with Crippen LogP contribution in [0.1, 0.15) is 11.6 Å². The van der Waals surface area contributed by atoms with Crippen molar-refractivity contribution in [1.82, 2.24) is 0 Å². The number of halogens is 6. The molecule has 0 aromatic heterocycles. The fourth-order valence-corrected chi connectivity index (χ4v) is 1.72. The number of hydrogen-bond donors (Lipinski definition) is 2. The quantitative estimate of drug-likeness (QED) is 0.661. The molecule has 0 radical (unpaired) electrons. The first-order chi connectivity index (χ1) is 7.70. The molecule has 9 heteroatoms. The Morgan fingerprint density at radius 2 is 1.78 bits per heavy atom. The third-order valence-electron chi connectivity index (χ3n) is 1.86. The number of thioether (sulfide) groups is 1. The lowest BCUT2D eigenvalue weighted by atomic mass is 10.1. The number of nitrogens with two attached hydrogens (primary N) is 1. The number of phenols is 1. The predicted octanol–water partition coefficient (Wildman–Crippen LogP) is 3.69. The van der Waals surface area contributed by atoms with Gasteiger partial charge in [0, 0.05) is 10.5 Å². The average molecular weight is 310 g/mol. The molecule has 1 aromatic rings. The van der Waals surface area contributed by atoms with Crippen molar-refractivity contribution in [3.63, 3.8) is 0 Å². The molecule has 104 valence electrons. The Morgan fingerprint density at radius 3 is 2.22 bits per heavy atom. The van der Waals surface area contributed by atoms with E-state index < -0.39 is 41.1 Å². The lowest BCUT2D eigenvalue weighted by Crippen LogP contribution is -2.19. The van der Waals surface area contributed by atoms with Crippen LogP contribution in [0.3, 0.4) is 0 Å². The first-order valence-corrected chi connectivity index (χ1v) is 5.15. The minimum Gasteiger partial charge on any atom is -0.508 e. The van der Waals surface area contributed by atoms with Crippen LogP contribution < -0.4 is 5.73 Å². The molecule has 1 rings (SSSR count). The molecule has 0 amide bonds. The Kier molecular flexibility index (Phi) is 6.18. The highest BCUT2D eigenvalue weighted by atomic mass is 35.5. The molecule has 1 atom stereocenters. The summed E-state index contributed by atoms with van der Waals surface area (Å²) >= 11 is -0.459. The van der Waals surface area contributed by atoms with Crippen molar-refractivity contribution in [1.29, 1.82) is 0 Å². The van der Waals surface area contributed by atoms with Gasteiger partial charge in [-0.1, -0.05) is 0 Å². The predicted molar refractivity (Wildman–Crippen MR) is 60.2 cm³/mol. The standard InChI is InChI=1S/C9H8F5NOS.ClH/c10-8(11)7(15)5-3-4(1-2-6(5)16)17-9(12,13)14;/h1-3,7-8,16H,15H2;1H/t7-;/m0./s1. The Balaban J connectivity index is 0.00000289. The first kappa shape index (κ1) is 17.3. The summed E-state index contributed by atoms with van der Waals surface area (Å²) in [6.07, 6.45) is -2.97. The summed E-state index contributed by atoms with van der Waals surface area (Å²) in [6, 6.07) is 0.884. The van der Waals surface area contributed by atoms with Gasteiger partial charge < -0.3 is 10.8 Å². The van der Waals surface area contributed by atoms with Crippen LogP contribution in [0.4, 0.5) is 22.0 Å². The van der Waals surface area contributed by atoms with Crippen molar-refractivity contribution in [3.8, 4) is 5.75 Å². The molecule has 18 heavy (non-hydrogen) atoms. The normalized spacial score (nSPS) is 13.3. The maximum Gasteiger partial charge on any atom is 0.446 e. The Bertz CT molecular complexity index is 401. The molecule has 0 aliphatic heterocycles. The monoisotopic (exact) mass is 309 g/mol. The number of benzene rings is 1. The zero-order valence-corrected chi connectivity index (χ0v) is 10.3. The number of phenolic OH excluding ortho intramolecular Hbond substituents is 1. The van der Waals surface area contributed by atoms with E-state index in [2.05, 4.69) is 0 Å². The molecule has 3 N–H and O–H groups in total. The maximum atomic E-state index is 12.3. The lowest BCUT2D eigenvalue weighted by molar-refractivity contribution is -0.0328. The van der Waals surface area contributed by atoms with Crippen molar-refractivity contribution < 1.29 is 27.1 Å². The molecule has 0 aliphatic carbocycles. The van der Waals surface area contributed by atoms with Crippen molar-refractivity contribution in [2.75, 3.05) is 0 Å². The summed E-state index contributed by atoms with van der Waals surface area (Å²) in [5, 5.41) is 9.25. The Labute approximate surface area is 110 Å². The van der Waals surface area contributed by atoms with Gasteiger partial charge in [0.1, 0.15) is 5.75 Å². The molecule has 0 unspecified atom stereocenters. The van der Waals surface area contributed by atoms with Crippen LogP contribution >= 0.6 is 24.2 Å². The highest BCUT2D eigenvalue weighted by Crippen LogP contribution is 2.39. The SMILES string of the molecule is Cl.N[C@@H](c1cc(SC(F)(F)F)ccc1O)C(F)F. The highest BCUT2D eigenvalue weighted by molar-refractivity contribution is 8.00. The van der Waals surface area contributed by atoms with E-state index in [1.165, 1.54) is 0 Å². The summed E-state index contributed by atoms with van der Waals surface area (Å²) in [5.74, 6) is -0.552. The van der Waals surface area contributed by atoms with Crippen molar-refractivity contribution in [3.05, 3.63) is 23.8 Å². The topological polar surface area (TPSA) is 46.2 Å². The van der Waals surface area contributed by atoms with Crippen LogP contribution in [0.2, 0.25) is 0 Å². The molecule has 0 saturated carbocycles. The Morgan fingerprint density at radius 1 is 1.22 bits per heavy atom. The van der Waals surface area contributed by atoms with Gasteiger partial charge in [-0.2, -0.15) is 13.2 Å². The lowest BCUT2D eigenvalue weighted by Gasteiger charge is -2.14. The number of rotatable bonds is 3. The minimum atomic E-state index is -4.52. The van der Waals surface area contributed by atoms with E-state index in [1.807, 2.05) is 0 Å². The van der Waals surface area contributed by atoms with Crippen molar-refractivity contribution in [2.45, 2.75) is 22.9 Å². The van der Waals surface area contributed by atoms with Crippen LogP contribution in [0, 0.1) is 0 Å². The van der Waals surface area contributed by atoms with Crippen LogP contribution in [0.25, 0.3) is 0 Å². The molecular weight excluding hydrogens is 301 g/mol. The van der Waals surface area contributed by atoms with Crippen LogP contribution in [-0.2, 0) is 0 Å². The summed E-state index contributed by atoms with van der Waals surface area (Å²) in [7, 11) is 0. The van der Waals surface area contributed by atoms with E-state index in [-0.39, 0.29) is 17.3 Å². The maximum absolute atomic E-state index is 12.3. The van der Waals surface area contributed by atoms with E-state index in [9.17, 15) is 27.1 Å². The van der Waals surface area contributed by atoms with Gasteiger partial charge in [-0.15, -0.1) is 12.4 Å². The summed E-state index contributed by atoms with van der Waals surface area (Å²) in [4.78, 5) is -0.304. The van der Waals surface area contributed by atoms with Gasteiger partial charge in [0.25, 0.3) is 6.43 Å². The van der Waals surface area contributed by atoms with Gasteiger partial charge in [0.2, 0.25) is 0 Å². The van der Waals surface area contributed by atoms with Gasteiger partial charge in [-0.3, -0.25) is 0 Å². The number of alkyl halides is 5. The molecule has 0 bridgehead atoms. The second-order valence-corrected chi connectivity index (χ2v) is 4.27. The van der Waals surface area contributed by atoms with E-state index in [1.54, 1.807) is 0 Å². The zero-order chi connectivity index (χ0) is 13.2. The van der Waals surface area contributed by atoms with E-state index in [4.69, 9.17) is 5.73 Å². The summed E-state index contributed by atoms with van der Waals surface area (Å²) in [5.41, 5.74) is 0.138. The molecular formula is C9H9ClF5NOS. The third kappa shape index (κ3) is 4.87.